The molecule has 2 rings (SSSR count). The van der Waals surface area contributed by atoms with E-state index in [9.17, 15) is 0 Å². The number of rotatable bonds is 3. The van der Waals surface area contributed by atoms with Crippen LogP contribution < -0.4 is 4.90 Å². The average Bonchev–Trinajstić information content (AvgIpc) is 2.75. The number of fused-ring (bicyclic) bond motifs is 1. The Kier molecular flexibility index (Phi) is 3.04. The lowest BCUT2D eigenvalue weighted by atomic mass is 10.1. The molecule has 0 spiro atoms. The topological polar surface area (TPSA) is 29.0 Å². The highest BCUT2D eigenvalue weighted by Crippen LogP contribution is 2.31. The first-order chi connectivity index (χ1) is 7.56. The molecule has 0 aliphatic carbocycles. The minimum atomic E-state index is -0.118. The van der Waals surface area contributed by atoms with E-state index in [4.69, 9.17) is 11.6 Å². The summed E-state index contributed by atoms with van der Waals surface area (Å²) in [5.74, 6) is 1.51. The lowest BCUT2D eigenvalue weighted by Gasteiger charge is -2.34. The molecule has 86 valence electrons. The van der Waals surface area contributed by atoms with E-state index < -0.39 is 0 Å². The van der Waals surface area contributed by atoms with E-state index in [1.165, 1.54) is 0 Å². The highest BCUT2D eigenvalue weighted by Gasteiger charge is 2.25. The molecule has 0 saturated carbocycles. The number of hydrogen-bond acceptors (Lipinski definition) is 4. The summed E-state index contributed by atoms with van der Waals surface area (Å²) in [5, 5.41) is 2.03. The van der Waals surface area contributed by atoms with E-state index in [0.717, 1.165) is 16.0 Å². The van der Waals surface area contributed by atoms with Crippen LogP contribution in [0.5, 0.6) is 0 Å². The van der Waals surface area contributed by atoms with Crippen LogP contribution in [0.3, 0.4) is 0 Å². The van der Waals surface area contributed by atoms with Gasteiger partial charge in [-0.3, -0.25) is 0 Å². The molecule has 0 amide bonds. The molecule has 2 aromatic rings. The van der Waals surface area contributed by atoms with Crippen molar-refractivity contribution in [3.05, 3.63) is 17.8 Å². The fourth-order valence-corrected chi connectivity index (χ4v) is 2.44. The molecule has 0 saturated heterocycles. The first-order valence-electron chi connectivity index (χ1n) is 5.04. The molecule has 0 unspecified atom stereocenters. The smallest absolute Gasteiger partial charge is 0.150 e. The SMILES string of the molecule is CN(c1ncnc2ccsc12)C(C)(C)CCl. The number of aromatic nitrogens is 2. The van der Waals surface area contributed by atoms with Crippen molar-refractivity contribution in [2.24, 2.45) is 0 Å². The highest BCUT2D eigenvalue weighted by molar-refractivity contribution is 7.17. The van der Waals surface area contributed by atoms with E-state index in [1.54, 1.807) is 17.7 Å². The number of hydrogen-bond donors (Lipinski definition) is 0. The molecule has 0 bridgehead atoms. The van der Waals surface area contributed by atoms with Crippen LogP contribution in [0.2, 0.25) is 0 Å². The maximum Gasteiger partial charge on any atom is 0.150 e. The molecule has 0 N–H and O–H groups in total. The van der Waals surface area contributed by atoms with Crippen LogP contribution in [0.25, 0.3) is 10.2 Å². The van der Waals surface area contributed by atoms with Crippen LogP contribution >= 0.6 is 22.9 Å². The van der Waals surface area contributed by atoms with Crippen molar-refractivity contribution >= 4 is 39.0 Å². The Hall–Kier alpha value is -0.870. The summed E-state index contributed by atoms with van der Waals surface area (Å²) in [4.78, 5) is 10.7. The Bertz CT molecular complexity index is 495. The van der Waals surface area contributed by atoms with Crippen molar-refractivity contribution in [1.82, 2.24) is 9.97 Å². The standard InChI is InChI=1S/C11H14ClN3S/c1-11(2,6-12)15(3)10-9-8(4-5-16-9)13-7-14-10/h4-5,7H,6H2,1-3H3. The molecule has 0 fully saturated rings. The molecule has 3 nitrogen and oxygen atoms in total. The van der Waals surface area contributed by atoms with Crippen LogP contribution in [0.4, 0.5) is 5.82 Å². The first kappa shape index (κ1) is 11.6. The van der Waals surface area contributed by atoms with Gasteiger partial charge in [0.15, 0.2) is 0 Å². The number of alkyl halides is 1. The third-order valence-electron chi connectivity index (χ3n) is 2.78. The maximum atomic E-state index is 5.98. The van der Waals surface area contributed by atoms with Gasteiger partial charge in [0.25, 0.3) is 0 Å². The molecule has 0 aliphatic rings. The Morgan fingerprint density at radius 1 is 1.44 bits per heavy atom. The van der Waals surface area contributed by atoms with E-state index in [2.05, 4.69) is 28.7 Å². The molecule has 5 heteroatoms. The lowest BCUT2D eigenvalue weighted by Crippen LogP contribution is -2.43. The summed E-state index contributed by atoms with van der Waals surface area (Å²) in [7, 11) is 2.02. The van der Waals surface area contributed by atoms with Gasteiger partial charge in [0, 0.05) is 18.5 Å². The van der Waals surface area contributed by atoms with Gasteiger partial charge in [-0.25, -0.2) is 9.97 Å². The van der Waals surface area contributed by atoms with E-state index in [-0.39, 0.29) is 5.54 Å². The van der Waals surface area contributed by atoms with Gasteiger partial charge in [-0.1, -0.05) is 0 Å². The molecule has 0 aliphatic heterocycles. The number of nitrogens with zero attached hydrogens (tertiary/aromatic N) is 3. The Morgan fingerprint density at radius 3 is 2.88 bits per heavy atom. The monoisotopic (exact) mass is 255 g/mol. The fraction of sp³-hybridized carbons (Fsp3) is 0.455. The normalized spacial score (nSPS) is 12.0. The predicted molar refractivity (Wildman–Crippen MR) is 70.6 cm³/mol. The molecule has 16 heavy (non-hydrogen) atoms. The summed E-state index contributed by atoms with van der Waals surface area (Å²) < 4.78 is 1.11. The molecule has 0 radical (unpaired) electrons. The van der Waals surface area contributed by atoms with Crippen molar-refractivity contribution in [2.75, 3.05) is 17.8 Å². The molecular formula is C11H14ClN3S. The Balaban J connectivity index is 2.51. The average molecular weight is 256 g/mol. The minimum absolute atomic E-state index is 0.118. The van der Waals surface area contributed by atoms with Crippen LogP contribution in [0, 0.1) is 0 Å². The van der Waals surface area contributed by atoms with Gasteiger partial charge in [-0.15, -0.1) is 22.9 Å². The summed E-state index contributed by atoms with van der Waals surface area (Å²) in [6.07, 6.45) is 1.60. The van der Waals surface area contributed by atoms with Crippen LogP contribution in [-0.2, 0) is 0 Å². The van der Waals surface area contributed by atoms with E-state index in [1.807, 2.05) is 18.5 Å². The van der Waals surface area contributed by atoms with Gasteiger partial charge in [0.2, 0.25) is 0 Å². The van der Waals surface area contributed by atoms with Crippen molar-refractivity contribution in [2.45, 2.75) is 19.4 Å². The van der Waals surface area contributed by atoms with Gasteiger partial charge in [-0.2, -0.15) is 0 Å². The van der Waals surface area contributed by atoms with E-state index >= 15 is 0 Å². The quantitative estimate of drug-likeness (QED) is 0.789. The summed E-state index contributed by atoms with van der Waals surface area (Å²) in [6.45, 7) is 4.20. The fourth-order valence-electron chi connectivity index (χ4n) is 1.39. The zero-order valence-electron chi connectivity index (χ0n) is 9.57. The maximum absolute atomic E-state index is 5.98. The van der Waals surface area contributed by atoms with Gasteiger partial charge >= 0.3 is 0 Å². The second-order valence-electron chi connectivity index (χ2n) is 4.34. The van der Waals surface area contributed by atoms with Crippen LogP contribution in [-0.4, -0.2) is 28.4 Å². The number of halogens is 1. The second kappa shape index (κ2) is 4.18. The zero-order chi connectivity index (χ0) is 11.8. The molecule has 0 aromatic carbocycles. The number of thiophene rings is 1. The minimum Gasteiger partial charge on any atom is -0.352 e. The predicted octanol–water partition coefficient (Wildman–Crippen LogP) is 3.14. The second-order valence-corrected chi connectivity index (χ2v) is 5.52. The summed E-state index contributed by atoms with van der Waals surface area (Å²) in [6, 6.07) is 2.01. The van der Waals surface area contributed by atoms with Crippen LogP contribution in [0.15, 0.2) is 17.8 Å². The van der Waals surface area contributed by atoms with Gasteiger partial charge in [-0.05, 0) is 25.3 Å². The molecule has 0 atom stereocenters. The largest absolute Gasteiger partial charge is 0.352 e. The van der Waals surface area contributed by atoms with Gasteiger partial charge in [0.1, 0.15) is 12.1 Å². The third kappa shape index (κ3) is 1.87. The van der Waals surface area contributed by atoms with Crippen molar-refractivity contribution in [3.8, 4) is 0 Å². The third-order valence-corrected chi connectivity index (χ3v) is 4.33. The molecular weight excluding hydrogens is 242 g/mol. The summed E-state index contributed by atoms with van der Waals surface area (Å²) in [5.41, 5.74) is 0.875. The first-order valence-corrected chi connectivity index (χ1v) is 6.45. The van der Waals surface area contributed by atoms with Crippen molar-refractivity contribution in [3.63, 3.8) is 0 Å². The highest BCUT2D eigenvalue weighted by atomic mass is 35.5. The Morgan fingerprint density at radius 2 is 2.19 bits per heavy atom. The van der Waals surface area contributed by atoms with Gasteiger partial charge < -0.3 is 4.90 Å². The Labute approximate surface area is 104 Å². The lowest BCUT2D eigenvalue weighted by molar-refractivity contribution is 0.542. The van der Waals surface area contributed by atoms with Crippen LogP contribution in [0.1, 0.15) is 13.8 Å². The van der Waals surface area contributed by atoms with Crippen molar-refractivity contribution < 1.29 is 0 Å². The van der Waals surface area contributed by atoms with Crippen molar-refractivity contribution in [1.29, 1.82) is 0 Å². The van der Waals surface area contributed by atoms with Gasteiger partial charge in [0.05, 0.1) is 10.2 Å². The number of anilines is 1. The molecule has 2 heterocycles. The van der Waals surface area contributed by atoms with E-state index in [0.29, 0.717) is 5.88 Å². The zero-order valence-corrected chi connectivity index (χ0v) is 11.1. The molecule has 2 aromatic heterocycles. The summed E-state index contributed by atoms with van der Waals surface area (Å²) >= 11 is 7.64.